The van der Waals surface area contributed by atoms with Gasteiger partial charge in [0.05, 0.1) is 29.1 Å². The molecule has 2 amide bonds. The van der Waals surface area contributed by atoms with Gasteiger partial charge in [0, 0.05) is 43.1 Å². The van der Waals surface area contributed by atoms with Crippen molar-refractivity contribution in [3.05, 3.63) is 61.0 Å². The highest BCUT2D eigenvalue weighted by molar-refractivity contribution is 7.23. The molecule has 4 heterocycles. The zero-order valence-electron chi connectivity index (χ0n) is 19.3. The molecule has 2 aromatic carbocycles. The van der Waals surface area contributed by atoms with Crippen molar-refractivity contribution in [3.63, 3.8) is 0 Å². The van der Waals surface area contributed by atoms with Gasteiger partial charge in [0.1, 0.15) is 18.6 Å². The minimum absolute atomic E-state index is 0.348. The fraction of sp³-hybridized carbons (Fsp3) is 0.240. The van der Waals surface area contributed by atoms with Gasteiger partial charge in [0.25, 0.3) is 0 Å². The van der Waals surface area contributed by atoms with E-state index in [0.717, 1.165) is 65.0 Å². The van der Waals surface area contributed by atoms with E-state index in [1.165, 1.54) is 6.26 Å². The lowest BCUT2D eigenvalue weighted by Crippen LogP contribution is -2.38. The molecular formula is C25H24N6O4S. The van der Waals surface area contributed by atoms with Crippen LogP contribution in [0, 0.1) is 0 Å². The van der Waals surface area contributed by atoms with Crippen molar-refractivity contribution in [2.45, 2.75) is 0 Å². The Labute approximate surface area is 210 Å². The summed E-state index contributed by atoms with van der Waals surface area (Å²) in [5.74, 6) is 1.22. The summed E-state index contributed by atoms with van der Waals surface area (Å²) in [6.07, 6.45) is 3.43. The van der Waals surface area contributed by atoms with E-state index in [1.807, 2.05) is 36.5 Å². The Bertz CT molecular complexity index is 1470. The van der Waals surface area contributed by atoms with Crippen LogP contribution in [0.5, 0.6) is 5.75 Å². The molecule has 10 nitrogen and oxygen atoms in total. The molecule has 1 fully saturated rings. The molecule has 2 N–H and O–H groups in total. The SMILES string of the molecule is O=C(Nc1ccc(-c2cn3c(n2)sc2cc(OCCN4CCOCC4)ccc23)cc1)Nc1ccon1. The molecule has 1 saturated heterocycles. The maximum atomic E-state index is 12.1. The monoisotopic (exact) mass is 504 g/mol. The molecule has 6 rings (SSSR count). The minimum atomic E-state index is -0.393. The van der Waals surface area contributed by atoms with E-state index in [2.05, 4.69) is 37.2 Å². The molecular weight excluding hydrogens is 480 g/mol. The number of aromatic nitrogens is 3. The number of ether oxygens (including phenoxy) is 2. The molecule has 184 valence electrons. The number of fused-ring (bicyclic) bond motifs is 3. The van der Waals surface area contributed by atoms with E-state index in [9.17, 15) is 4.79 Å². The van der Waals surface area contributed by atoms with Gasteiger partial charge >= 0.3 is 6.03 Å². The second-order valence-electron chi connectivity index (χ2n) is 8.35. The Morgan fingerprint density at radius 3 is 2.75 bits per heavy atom. The fourth-order valence-corrected chi connectivity index (χ4v) is 5.14. The number of urea groups is 1. The van der Waals surface area contributed by atoms with Gasteiger partial charge in [-0.15, -0.1) is 0 Å². The number of morpholine rings is 1. The van der Waals surface area contributed by atoms with Gasteiger partial charge in [0.2, 0.25) is 0 Å². The number of benzene rings is 2. The zero-order valence-corrected chi connectivity index (χ0v) is 20.2. The molecule has 0 saturated carbocycles. The number of rotatable bonds is 7. The summed E-state index contributed by atoms with van der Waals surface area (Å²) >= 11 is 1.63. The third-order valence-corrected chi connectivity index (χ3v) is 6.98. The minimum Gasteiger partial charge on any atom is -0.492 e. The van der Waals surface area contributed by atoms with E-state index in [1.54, 1.807) is 17.4 Å². The summed E-state index contributed by atoms with van der Waals surface area (Å²) in [5.41, 5.74) is 3.58. The second kappa shape index (κ2) is 9.97. The number of carbonyl (C=O) groups is 1. The number of imidazole rings is 1. The van der Waals surface area contributed by atoms with E-state index in [0.29, 0.717) is 18.1 Å². The molecule has 11 heteroatoms. The summed E-state index contributed by atoms with van der Waals surface area (Å²) in [6.45, 7) is 5.08. The van der Waals surface area contributed by atoms with Crippen molar-refractivity contribution < 1.29 is 18.8 Å². The first kappa shape index (κ1) is 22.5. The van der Waals surface area contributed by atoms with Crippen molar-refractivity contribution in [1.29, 1.82) is 0 Å². The highest BCUT2D eigenvalue weighted by Gasteiger charge is 2.13. The lowest BCUT2D eigenvalue weighted by Gasteiger charge is -2.26. The lowest BCUT2D eigenvalue weighted by atomic mass is 10.1. The van der Waals surface area contributed by atoms with Gasteiger partial charge < -0.3 is 19.3 Å². The fourth-order valence-electron chi connectivity index (χ4n) is 4.11. The summed E-state index contributed by atoms with van der Waals surface area (Å²) < 4.78 is 19.3. The Kier molecular flexibility index (Phi) is 6.24. The second-order valence-corrected chi connectivity index (χ2v) is 9.36. The predicted octanol–water partition coefficient (Wildman–Crippen LogP) is 4.56. The van der Waals surface area contributed by atoms with Gasteiger partial charge in [-0.25, -0.2) is 9.78 Å². The zero-order chi connectivity index (χ0) is 24.3. The van der Waals surface area contributed by atoms with Crippen LogP contribution in [0.1, 0.15) is 0 Å². The van der Waals surface area contributed by atoms with Crippen molar-refractivity contribution in [1.82, 2.24) is 19.4 Å². The van der Waals surface area contributed by atoms with E-state index in [-0.39, 0.29) is 0 Å². The number of carbonyl (C=O) groups excluding carboxylic acids is 1. The quantitative estimate of drug-likeness (QED) is 0.335. The molecule has 5 aromatic rings. The molecule has 3 aromatic heterocycles. The van der Waals surface area contributed by atoms with Crippen LogP contribution in [0.3, 0.4) is 0 Å². The predicted molar refractivity (Wildman–Crippen MR) is 138 cm³/mol. The number of nitrogens with zero attached hydrogens (tertiary/aromatic N) is 4. The molecule has 1 aliphatic heterocycles. The van der Waals surface area contributed by atoms with Gasteiger partial charge in [-0.05, 0) is 30.3 Å². The van der Waals surface area contributed by atoms with Crippen molar-refractivity contribution in [2.75, 3.05) is 50.1 Å². The number of thiazole rings is 1. The van der Waals surface area contributed by atoms with Crippen LogP contribution in [0.15, 0.2) is 65.5 Å². The summed E-state index contributed by atoms with van der Waals surface area (Å²) in [6, 6.07) is 14.9. The third kappa shape index (κ3) is 4.89. The largest absolute Gasteiger partial charge is 0.492 e. The van der Waals surface area contributed by atoms with Crippen LogP contribution < -0.4 is 15.4 Å². The summed E-state index contributed by atoms with van der Waals surface area (Å²) in [4.78, 5) is 20.2. The molecule has 0 radical (unpaired) electrons. The average molecular weight is 505 g/mol. The van der Waals surface area contributed by atoms with Crippen LogP contribution in [0.4, 0.5) is 16.3 Å². The smallest absolute Gasteiger partial charge is 0.324 e. The highest BCUT2D eigenvalue weighted by Crippen LogP contribution is 2.32. The normalized spacial score (nSPS) is 14.3. The van der Waals surface area contributed by atoms with Crippen LogP contribution in [0.25, 0.3) is 26.4 Å². The number of anilines is 2. The molecule has 0 bridgehead atoms. The number of hydrogen-bond donors (Lipinski definition) is 2. The number of nitrogens with one attached hydrogen (secondary N) is 2. The summed E-state index contributed by atoms with van der Waals surface area (Å²) in [5, 5.41) is 9.02. The van der Waals surface area contributed by atoms with E-state index in [4.69, 9.17) is 19.0 Å². The van der Waals surface area contributed by atoms with Gasteiger partial charge in [-0.1, -0.05) is 28.6 Å². The lowest BCUT2D eigenvalue weighted by molar-refractivity contribution is 0.0322. The van der Waals surface area contributed by atoms with Crippen LogP contribution >= 0.6 is 11.3 Å². The third-order valence-electron chi connectivity index (χ3n) is 5.96. The molecule has 1 aliphatic rings. The van der Waals surface area contributed by atoms with E-state index < -0.39 is 6.03 Å². The van der Waals surface area contributed by atoms with Crippen molar-refractivity contribution >= 4 is 44.1 Å². The topological polar surface area (TPSA) is 106 Å². The van der Waals surface area contributed by atoms with Gasteiger partial charge in [0.15, 0.2) is 10.8 Å². The standard InChI is InChI=1S/C25H24N6O4S/c32-24(28-23-7-11-35-29-23)26-18-3-1-17(2-4-18)20-16-31-21-6-5-19(15-22(21)36-25(31)27-20)34-14-10-30-8-12-33-13-9-30/h1-7,11,15-16H,8-10,12-14H2,(H2,26,28,29,32). The van der Waals surface area contributed by atoms with E-state index >= 15 is 0 Å². The Balaban J connectivity index is 1.11. The average Bonchev–Trinajstić information content (AvgIpc) is 3.62. The Hall–Kier alpha value is -3.93. The maximum absolute atomic E-state index is 12.1. The first-order valence-corrected chi connectivity index (χ1v) is 12.5. The van der Waals surface area contributed by atoms with Crippen LogP contribution in [-0.4, -0.2) is 64.9 Å². The summed E-state index contributed by atoms with van der Waals surface area (Å²) in [7, 11) is 0. The first-order valence-electron chi connectivity index (χ1n) is 11.6. The number of amides is 2. The molecule has 0 spiro atoms. The van der Waals surface area contributed by atoms with Gasteiger partial charge in [-0.2, -0.15) is 0 Å². The highest BCUT2D eigenvalue weighted by atomic mass is 32.1. The van der Waals surface area contributed by atoms with Crippen LogP contribution in [0.2, 0.25) is 0 Å². The number of hydrogen-bond acceptors (Lipinski definition) is 8. The first-order chi connectivity index (χ1) is 17.7. The Morgan fingerprint density at radius 1 is 1.08 bits per heavy atom. The van der Waals surface area contributed by atoms with Crippen LogP contribution in [-0.2, 0) is 4.74 Å². The molecule has 0 unspecified atom stereocenters. The van der Waals surface area contributed by atoms with Gasteiger partial charge in [-0.3, -0.25) is 14.6 Å². The molecule has 36 heavy (non-hydrogen) atoms. The molecule has 0 atom stereocenters. The van der Waals surface area contributed by atoms with Crippen molar-refractivity contribution in [3.8, 4) is 17.0 Å². The Morgan fingerprint density at radius 2 is 1.94 bits per heavy atom. The molecule has 0 aliphatic carbocycles. The maximum Gasteiger partial charge on any atom is 0.324 e. The van der Waals surface area contributed by atoms with Crippen molar-refractivity contribution in [2.24, 2.45) is 0 Å².